The number of hydrogen-bond donors (Lipinski definition) is 2. The molecule has 0 aliphatic heterocycles. The van der Waals surface area contributed by atoms with Gasteiger partial charge in [-0.25, -0.2) is 13.4 Å². The van der Waals surface area contributed by atoms with Gasteiger partial charge < -0.3 is 10.5 Å². The lowest BCUT2D eigenvalue weighted by atomic mass is 10.3. The number of anilines is 2. The van der Waals surface area contributed by atoms with E-state index in [9.17, 15) is 8.42 Å². The summed E-state index contributed by atoms with van der Waals surface area (Å²) in [4.78, 5) is 4.08. The summed E-state index contributed by atoms with van der Waals surface area (Å²) in [6.07, 6.45) is 0. The van der Waals surface area contributed by atoms with Crippen molar-refractivity contribution in [3.63, 3.8) is 0 Å². The number of nitrogens with zero attached hydrogens (tertiary/aromatic N) is 1. The van der Waals surface area contributed by atoms with Crippen molar-refractivity contribution in [3.05, 3.63) is 29.3 Å². The molecule has 2 aromatic rings. The van der Waals surface area contributed by atoms with Crippen LogP contribution in [0.5, 0.6) is 5.75 Å². The van der Waals surface area contributed by atoms with Crippen LogP contribution < -0.4 is 15.2 Å². The zero-order valence-corrected chi connectivity index (χ0v) is 12.0. The molecule has 0 spiro atoms. The van der Waals surface area contributed by atoms with Crippen LogP contribution in [0.1, 0.15) is 5.69 Å². The molecule has 1 heterocycles. The van der Waals surface area contributed by atoms with Crippen molar-refractivity contribution in [2.75, 3.05) is 17.6 Å². The Kier molecular flexibility index (Phi) is 3.63. The van der Waals surface area contributed by atoms with Gasteiger partial charge in [0.2, 0.25) is 0 Å². The topological polar surface area (TPSA) is 94.3 Å². The number of nitrogens with one attached hydrogen (secondary N) is 1. The van der Waals surface area contributed by atoms with Crippen LogP contribution in [-0.2, 0) is 10.0 Å². The first-order chi connectivity index (χ1) is 8.92. The SMILES string of the molecule is COc1cc(N)ccc1S(=O)(=O)Nc1nc(C)cs1. The van der Waals surface area contributed by atoms with Crippen LogP contribution in [-0.4, -0.2) is 20.5 Å². The molecule has 0 fully saturated rings. The average molecular weight is 299 g/mol. The first-order valence-electron chi connectivity index (χ1n) is 5.31. The minimum absolute atomic E-state index is 0.0250. The fourth-order valence-corrected chi connectivity index (χ4v) is 3.57. The molecule has 0 bridgehead atoms. The third-order valence-electron chi connectivity index (χ3n) is 2.32. The summed E-state index contributed by atoms with van der Waals surface area (Å²) in [6.45, 7) is 1.79. The fraction of sp³-hybridized carbons (Fsp3) is 0.182. The van der Waals surface area contributed by atoms with Gasteiger partial charge in [-0.1, -0.05) is 0 Å². The summed E-state index contributed by atoms with van der Waals surface area (Å²) < 4.78 is 31.9. The van der Waals surface area contributed by atoms with E-state index < -0.39 is 10.0 Å². The van der Waals surface area contributed by atoms with Crippen molar-refractivity contribution in [2.45, 2.75) is 11.8 Å². The molecular weight excluding hydrogens is 286 g/mol. The van der Waals surface area contributed by atoms with Gasteiger partial charge in [0.25, 0.3) is 10.0 Å². The third-order valence-corrected chi connectivity index (χ3v) is 4.70. The number of benzene rings is 1. The van der Waals surface area contributed by atoms with E-state index in [0.717, 1.165) is 5.69 Å². The number of nitrogen functional groups attached to an aromatic ring is 1. The van der Waals surface area contributed by atoms with Crippen LogP contribution in [0.25, 0.3) is 0 Å². The van der Waals surface area contributed by atoms with E-state index in [2.05, 4.69) is 9.71 Å². The van der Waals surface area contributed by atoms with E-state index in [0.29, 0.717) is 10.8 Å². The van der Waals surface area contributed by atoms with E-state index in [1.807, 2.05) is 0 Å². The minimum atomic E-state index is -3.74. The summed E-state index contributed by atoms with van der Waals surface area (Å²) in [5.41, 5.74) is 6.78. The lowest BCUT2D eigenvalue weighted by Gasteiger charge is -2.10. The molecule has 0 saturated carbocycles. The van der Waals surface area contributed by atoms with E-state index in [4.69, 9.17) is 10.5 Å². The highest BCUT2D eigenvalue weighted by molar-refractivity contribution is 7.93. The molecule has 1 aromatic heterocycles. The largest absolute Gasteiger partial charge is 0.495 e. The van der Waals surface area contributed by atoms with Gasteiger partial charge in [-0.05, 0) is 19.1 Å². The average Bonchev–Trinajstić information content (AvgIpc) is 2.73. The van der Waals surface area contributed by atoms with Gasteiger partial charge in [-0.15, -0.1) is 11.3 Å². The maximum Gasteiger partial charge on any atom is 0.267 e. The molecule has 0 aliphatic rings. The zero-order chi connectivity index (χ0) is 14.0. The van der Waals surface area contributed by atoms with Crippen LogP contribution in [0, 0.1) is 6.92 Å². The fourth-order valence-electron chi connectivity index (χ4n) is 1.48. The van der Waals surface area contributed by atoms with Crippen molar-refractivity contribution in [1.29, 1.82) is 0 Å². The maximum atomic E-state index is 12.2. The third kappa shape index (κ3) is 2.96. The van der Waals surface area contributed by atoms with E-state index in [1.54, 1.807) is 12.3 Å². The standard InChI is InChI=1S/C11H13N3O3S2/c1-7-6-18-11(13-7)14-19(15,16)10-4-3-8(12)5-9(10)17-2/h3-6H,12H2,1-2H3,(H,13,14). The maximum absolute atomic E-state index is 12.2. The van der Waals surface area contributed by atoms with Gasteiger partial charge in [-0.3, -0.25) is 4.72 Å². The Bertz CT molecular complexity index is 695. The highest BCUT2D eigenvalue weighted by Crippen LogP contribution is 2.28. The molecule has 0 aliphatic carbocycles. The molecular formula is C11H13N3O3S2. The molecule has 0 atom stereocenters. The summed E-state index contributed by atoms with van der Waals surface area (Å²) in [5, 5.41) is 2.08. The van der Waals surface area contributed by atoms with Gasteiger partial charge in [0.05, 0.1) is 12.8 Å². The first kappa shape index (κ1) is 13.6. The van der Waals surface area contributed by atoms with Gasteiger partial charge in [0, 0.05) is 17.1 Å². The van der Waals surface area contributed by atoms with Crippen molar-refractivity contribution >= 4 is 32.2 Å². The molecule has 2 rings (SSSR count). The Morgan fingerprint density at radius 3 is 2.74 bits per heavy atom. The second-order valence-corrected chi connectivity index (χ2v) is 6.32. The van der Waals surface area contributed by atoms with Crippen LogP contribution >= 0.6 is 11.3 Å². The lowest BCUT2D eigenvalue weighted by molar-refractivity contribution is 0.403. The van der Waals surface area contributed by atoms with Gasteiger partial charge >= 0.3 is 0 Å². The van der Waals surface area contributed by atoms with Crippen LogP contribution in [0.3, 0.4) is 0 Å². The predicted molar refractivity (Wildman–Crippen MR) is 75.1 cm³/mol. The minimum Gasteiger partial charge on any atom is -0.495 e. The Morgan fingerprint density at radius 1 is 1.42 bits per heavy atom. The Hall–Kier alpha value is -1.80. The number of nitrogens with two attached hydrogens (primary N) is 1. The van der Waals surface area contributed by atoms with Crippen molar-refractivity contribution in [1.82, 2.24) is 4.98 Å². The number of rotatable bonds is 4. The molecule has 0 radical (unpaired) electrons. The molecule has 0 amide bonds. The summed E-state index contributed by atoms with van der Waals surface area (Å²) in [6, 6.07) is 4.36. The quantitative estimate of drug-likeness (QED) is 0.840. The van der Waals surface area contributed by atoms with E-state index >= 15 is 0 Å². The second-order valence-electron chi connectivity index (χ2n) is 3.81. The number of methoxy groups -OCH3 is 1. The number of aryl methyl sites for hydroxylation is 1. The predicted octanol–water partition coefficient (Wildman–Crippen LogP) is 1.84. The van der Waals surface area contributed by atoms with E-state index in [-0.39, 0.29) is 10.6 Å². The van der Waals surface area contributed by atoms with Gasteiger partial charge in [-0.2, -0.15) is 0 Å². The monoisotopic (exact) mass is 299 g/mol. The molecule has 0 unspecified atom stereocenters. The Balaban J connectivity index is 2.39. The van der Waals surface area contributed by atoms with Crippen LogP contribution in [0.4, 0.5) is 10.8 Å². The van der Waals surface area contributed by atoms with Crippen molar-refractivity contribution in [2.24, 2.45) is 0 Å². The normalized spacial score (nSPS) is 11.3. The molecule has 1 aromatic carbocycles. The number of aromatic nitrogens is 1. The van der Waals surface area contributed by atoms with Crippen LogP contribution in [0.2, 0.25) is 0 Å². The highest BCUT2D eigenvalue weighted by Gasteiger charge is 2.20. The zero-order valence-electron chi connectivity index (χ0n) is 10.4. The molecule has 3 N–H and O–H groups in total. The number of thiazole rings is 1. The summed E-state index contributed by atoms with van der Waals surface area (Å²) in [7, 11) is -2.35. The Labute approximate surface area is 115 Å². The van der Waals surface area contributed by atoms with Crippen molar-refractivity contribution < 1.29 is 13.2 Å². The molecule has 8 heteroatoms. The first-order valence-corrected chi connectivity index (χ1v) is 7.67. The molecule has 0 saturated heterocycles. The molecule has 102 valence electrons. The second kappa shape index (κ2) is 5.06. The summed E-state index contributed by atoms with van der Waals surface area (Å²) in [5.74, 6) is 0.195. The van der Waals surface area contributed by atoms with Gasteiger partial charge in [0.1, 0.15) is 10.6 Å². The highest BCUT2D eigenvalue weighted by atomic mass is 32.2. The van der Waals surface area contributed by atoms with Crippen LogP contribution in [0.15, 0.2) is 28.5 Å². The van der Waals surface area contributed by atoms with Gasteiger partial charge in [0.15, 0.2) is 5.13 Å². The lowest BCUT2D eigenvalue weighted by Crippen LogP contribution is -2.14. The summed E-state index contributed by atoms with van der Waals surface area (Å²) >= 11 is 1.22. The Morgan fingerprint density at radius 2 is 2.16 bits per heavy atom. The number of sulfonamides is 1. The molecule has 6 nitrogen and oxygen atoms in total. The number of ether oxygens (including phenoxy) is 1. The number of hydrogen-bond acceptors (Lipinski definition) is 6. The van der Waals surface area contributed by atoms with E-state index in [1.165, 1.54) is 36.6 Å². The van der Waals surface area contributed by atoms with Crippen molar-refractivity contribution in [3.8, 4) is 5.75 Å². The molecule has 19 heavy (non-hydrogen) atoms. The smallest absolute Gasteiger partial charge is 0.267 e.